The fourth-order valence-electron chi connectivity index (χ4n) is 3.39. The van der Waals surface area contributed by atoms with Crippen LogP contribution in [-0.4, -0.2) is 48.8 Å². The molecule has 0 bridgehead atoms. The third-order valence-electron chi connectivity index (χ3n) is 4.55. The molecule has 0 radical (unpaired) electrons. The predicted octanol–water partition coefficient (Wildman–Crippen LogP) is 1.77. The Morgan fingerprint density at radius 1 is 1.24 bits per heavy atom. The van der Waals surface area contributed by atoms with Gasteiger partial charge in [0.05, 0.1) is 6.10 Å². The highest BCUT2D eigenvalue weighted by molar-refractivity contribution is 4.96. The smallest absolute Gasteiger partial charge is 0.0699 e. The Balaban J connectivity index is 1.40. The van der Waals surface area contributed by atoms with Gasteiger partial charge in [0.2, 0.25) is 0 Å². The topological polar surface area (TPSA) is 24.5 Å². The van der Waals surface area contributed by atoms with Gasteiger partial charge in [-0.05, 0) is 45.4 Å². The van der Waals surface area contributed by atoms with Gasteiger partial charge in [0.1, 0.15) is 0 Å². The van der Waals surface area contributed by atoms with Gasteiger partial charge in [-0.15, -0.1) is 0 Å². The average Bonchev–Trinajstić information content (AvgIpc) is 3.12. The zero-order chi connectivity index (χ0) is 11.7. The Hall–Kier alpha value is -0.120. The lowest BCUT2D eigenvalue weighted by Gasteiger charge is -2.24. The molecule has 3 atom stereocenters. The van der Waals surface area contributed by atoms with Crippen molar-refractivity contribution in [1.29, 1.82) is 0 Å². The summed E-state index contributed by atoms with van der Waals surface area (Å²) >= 11 is 0. The van der Waals surface area contributed by atoms with Crippen LogP contribution in [0, 0.1) is 0 Å². The van der Waals surface area contributed by atoms with E-state index in [2.05, 4.69) is 17.1 Å². The first-order valence-corrected chi connectivity index (χ1v) is 7.43. The molecule has 3 fully saturated rings. The molecule has 1 N–H and O–H groups in total. The fraction of sp³-hybridized carbons (Fsp3) is 1.00. The van der Waals surface area contributed by atoms with Gasteiger partial charge in [-0.25, -0.2) is 0 Å². The first-order valence-electron chi connectivity index (χ1n) is 7.43. The van der Waals surface area contributed by atoms with Crippen LogP contribution in [0.2, 0.25) is 0 Å². The quantitative estimate of drug-likeness (QED) is 0.808. The highest BCUT2D eigenvalue weighted by atomic mass is 16.5. The van der Waals surface area contributed by atoms with E-state index in [0.29, 0.717) is 12.1 Å². The molecule has 0 spiro atoms. The SMILES string of the molecule is CC1CC(NCC2CCCCO2)CN1C1CC1. The molecule has 3 unspecified atom stereocenters. The van der Waals surface area contributed by atoms with Gasteiger partial charge in [0.15, 0.2) is 0 Å². The molecule has 2 aliphatic heterocycles. The van der Waals surface area contributed by atoms with E-state index in [9.17, 15) is 0 Å². The zero-order valence-electron chi connectivity index (χ0n) is 11.0. The molecule has 3 aliphatic rings. The number of likely N-dealkylation sites (tertiary alicyclic amines) is 1. The summed E-state index contributed by atoms with van der Waals surface area (Å²) in [6, 6.07) is 2.41. The maximum absolute atomic E-state index is 5.78. The zero-order valence-corrected chi connectivity index (χ0v) is 11.0. The van der Waals surface area contributed by atoms with Crippen molar-refractivity contribution in [2.45, 2.75) is 69.7 Å². The van der Waals surface area contributed by atoms with E-state index in [1.165, 1.54) is 45.1 Å². The summed E-state index contributed by atoms with van der Waals surface area (Å²) in [6.07, 6.45) is 8.53. The van der Waals surface area contributed by atoms with E-state index < -0.39 is 0 Å². The number of hydrogen-bond acceptors (Lipinski definition) is 3. The number of nitrogens with one attached hydrogen (secondary N) is 1. The monoisotopic (exact) mass is 238 g/mol. The first-order chi connectivity index (χ1) is 8.33. The van der Waals surface area contributed by atoms with Crippen LogP contribution in [0.15, 0.2) is 0 Å². The normalized spacial score (nSPS) is 39.7. The number of hydrogen-bond donors (Lipinski definition) is 1. The van der Waals surface area contributed by atoms with Crippen LogP contribution in [0.3, 0.4) is 0 Å². The number of rotatable bonds is 4. The Morgan fingerprint density at radius 3 is 2.82 bits per heavy atom. The van der Waals surface area contributed by atoms with E-state index in [1.807, 2.05) is 0 Å². The van der Waals surface area contributed by atoms with Crippen molar-refractivity contribution in [3.63, 3.8) is 0 Å². The molecule has 3 rings (SSSR count). The van der Waals surface area contributed by atoms with Crippen molar-refractivity contribution in [1.82, 2.24) is 10.2 Å². The van der Waals surface area contributed by atoms with Gasteiger partial charge >= 0.3 is 0 Å². The molecular formula is C14H26N2O. The summed E-state index contributed by atoms with van der Waals surface area (Å²) in [5.74, 6) is 0. The van der Waals surface area contributed by atoms with Crippen molar-refractivity contribution in [2.75, 3.05) is 19.7 Å². The van der Waals surface area contributed by atoms with Gasteiger partial charge in [-0.3, -0.25) is 4.90 Å². The van der Waals surface area contributed by atoms with Crippen LogP contribution in [0.1, 0.15) is 45.4 Å². The van der Waals surface area contributed by atoms with Crippen LogP contribution in [-0.2, 0) is 4.74 Å². The maximum Gasteiger partial charge on any atom is 0.0699 e. The molecule has 2 heterocycles. The second-order valence-electron chi connectivity index (χ2n) is 6.11. The molecular weight excluding hydrogens is 212 g/mol. The lowest BCUT2D eigenvalue weighted by molar-refractivity contribution is 0.0155. The molecule has 0 amide bonds. The van der Waals surface area contributed by atoms with Gasteiger partial charge in [0.25, 0.3) is 0 Å². The minimum atomic E-state index is 0.481. The van der Waals surface area contributed by atoms with Crippen molar-refractivity contribution in [3.05, 3.63) is 0 Å². The van der Waals surface area contributed by atoms with Crippen LogP contribution in [0.25, 0.3) is 0 Å². The molecule has 0 aromatic carbocycles. The van der Waals surface area contributed by atoms with E-state index in [0.717, 1.165) is 25.2 Å². The van der Waals surface area contributed by atoms with Crippen LogP contribution >= 0.6 is 0 Å². The summed E-state index contributed by atoms with van der Waals surface area (Å²) < 4.78 is 5.78. The standard InChI is InChI=1S/C14H26N2O/c1-11-8-12(10-16(11)13-5-6-13)15-9-14-4-2-3-7-17-14/h11-15H,2-10H2,1H3. The molecule has 3 heteroatoms. The van der Waals surface area contributed by atoms with Gasteiger partial charge in [-0.2, -0.15) is 0 Å². The average molecular weight is 238 g/mol. The highest BCUT2D eigenvalue weighted by Gasteiger charge is 2.38. The molecule has 3 nitrogen and oxygen atoms in total. The number of nitrogens with zero attached hydrogens (tertiary/aromatic N) is 1. The second-order valence-corrected chi connectivity index (χ2v) is 6.11. The van der Waals surface area contributed by atoms with Crippen molar-refractivity contribution in [2.24, 2.45) is 0 Å². The van der Waals surface area contributed by atoms with Crippen LogP contribution < -0.4 is 5.32 Å². The third-order valence-corrected chi connectivity index (χ3v) is 4.55. The van der Waals surface area contributed by atoms with Crippen LogP contribution in [0.4, 0.5) is 0 Å². The summed E-state index contributed by atoms with van der Waals surface area (Å²) in [6.45, 7) is 5.69. The summed E-state index contributed by atoms with van der Waals surface area (Å²) in [5, 5.41) is 3.73. The Kier molecular flexibility index (Phi) is 3.69. The van der Waals surface area contributed by atoms with Gasteiger partial charge in [-0.1, -0.05) is 0 Å². The predicted molar refractivity (Wildman–Crippen MR) is 69.2 cm³/mol. The molecule has 1 saturated carbocycles. The van der Waals surface area contributed by atoms with Gasteiger partial charge < -0.3 is 10.1 Å². The minimum absolute atomic E-state index is 0.481. The van der Waals surface area contributed by atoms with E-state index in [4.69, 9.17) is 4.74 Å². The molecule has 1 aliphatic carbocycles. The summed E-state index contributed by atoms with van der Waals surface area (Å²) in [7, 11) is 0. The van der Waals surface area contributed by atoms with Crippen LogP contribution in [0.5, 0.6) is 0 Å². The molecule has 98 valence electrons. The highest BCUT2D eigenvalue weighted by Crippen LogP contribution is 2.33. The van der Waals surface area contributed by atoms with E-state index >= 15 is 0 Å². The maximum atomic E-state index is 5.78. The fourth-order valence-corrected chi connectivity index (χ4v) is 3.39. The molecule has 0 aromatic rings. The molecule has 0 aromatic heterocycles. The first kappa shape index (κ1) is 11.9. The van der Waals surface area contributed by atoms with E-state index in [1.54, 1.807) is 0 Å². The van der Waals surface area contributed by atoms with Crippen molar-refractivity contribution < 1.29 is 4.74 Å². The summed E-state index contributed by atoms with van der Waals surface area (Å²) in [5.41, 5.74) is 0. The molecule has 2 saturated heterocycles. The van der Waals surface area contributed by atoms with Crippen molar-refractivity contribution in [3.8, 4) is 0 Å². The van der Waals surface area contributed by atoms with Crippen molar-refractivity contribution >= 4 is 0 Å². The second kappa shape index (κ2) is 5.25. The third kappa shape index (κ3) is 3.01. The lowest BCUT2D eigenvalue weighted by Crippen LogP contribution is -2.39. The summed E-state index contributed by atoms with van der Waals surface area (Å²) in [4.78, 5) is 2.71. The molecule has 17 heavy (non-hydrogen) atoms. The van der Waals surface area contributed by atoms with E-state index in [-0.39, 0.29) is 0 Å². The Labute approximate surface area is 105 Å². The minimum Gasteiger partial charge on any atom is -0.377 e. The largest absolute Gasteiger partial charge is 0.377 e. The Bertz CT molecular complexity index is 249. The Morgan fingerprint density at radius 2 is 2.12 bits per heavy atom. The number of ether oxygens (including phenoxy) is 1. The lowest BCUT2D eigenvalue weighted by atomic mass is 10.1. The van der Waals surface area contributed by atoms with Gasteiger partial charge in [0, 0.05) is 37.8 Å².